The van der Waals surface area contributed by atoms with Gasteiger partial charge in [-0.25, -0.2) is 0 Å². The fraction of sp³-hybridized carbons (Fsp3) is 0.458. The average Bonchev–Trinajstić information content (AvgIpc) is 2.75. The van der Waals surface area contributed by atoms with E-state index >= 15 is 0 Å². The third-order valence-corrected chi connectivity index (χ3v) is 6.15. The van der Waals surface area contributed by atoms with Crippen LogP contribution < -0.4 is 5.73 Å². The fourth-order valence-electron chi connectivity index (χ4n) is 4.19. The molecule has 1 fully saturated rings. The Morgan fingerprint density at radius 2 is 1.50 bits per heavy atom. The van der Waals surface area contributed by atoms with Gasteiger partial charge in [0.25, 0.3) is 5.91 Å². The summed E-state index contributed by atoms with van der Waals surface area (Å²) in [6, 6.07) is 6.43. The number of halogens is 8. The molecular formula is C24H29Cl2F6N3O. The standard InChI is InChI=1S/C24H27F6N3O.2ClH/c1-15-3-4-17(9-16(15)2)10-21-14-32(6-5-31)7-8-33(21)22(34)18-11-19(23(25,26)27)13-20(12-18)24(28,29)30;;/h3-4,9,11-13,21H,5-8,10,14,31H2,1-2H3;2*1H/t21-;;/m1../s1. The second kappa shape index (κ2) is 12.5. The Hall–Kier alpha value is -2.01. The van der Waals surface area contributed by atoms with Gasteiger partial charge in [-0.15, -0.1) is 24.8 Å². The highest BCUT2D eigenvalue weighted by atomic mass is 35.5. The van der Waals surface area contributed by atoms with Crippen LogP contribution in [-0.4, -0.2) is 54.5 Å². The van der Waals surface area contributed by atoms with E-state index in [2.05, 4.69) is 0 Å². The number of hydrogen-bond acceptors (Lipinski definition) is 3. The van der Waals surface area contributed by atoms with Crippen LogP contribution in [0.1, 0.15) is 38.2 Å². The summed E-state index contributed by atoms with van der Waals surface area (Å²) in [5.74, 6) is -0.849. The van der Waals surface area contributed by atoms with E-state index in [1.54, 1.807) is 0 Å². The van der Waals surface area contributed by atoms with E-state index in [-0.39, 0.29) is 37.4 Å². The first-order valence-corrected chi connectivity index (χ1v) is 10.9. The molecule has 12 heteroatoms. The second-order valence-electron chi connectivity index (χ2n) is 8.66. The van der Waals surface area contributed by atoms with Crippen molar-refractivity contribution in [1.29, 1.82) is 0 Å². The summed E-state index contributed by atoms with van der Waals surface area (Å²) in [7, 11) is 0. The Bertz CT molecular complexity index is 1010. The van der Waals surface area contributed by atoms with E-state index in [0.717, 1.165) is 16.7 Å². The average molecular weight is 560 g/mol. The predicted molar refractivity (Wildman–Crippen MR) is 131 cm³/mol. The van der Waals surface area contributed by atoms with Gasteiger partial charge in [0.15, 0.2) is 0 Å². The monoisotopic (exact) mass is 559 g/mol. The molecule has 2 aromatic rings. The fourth-order valence-corrected chi connectivity index (χ4v) is 4.19. The van der Waals surface area contributed by atoms with Crippen LogP contribution in [0.25, 0.3) is 0 Å². The van der Waals surface area contributed by atoms with Gasteiger partial charge in [0.2, 0.25) is 0 Å². The Morgan fingerprint density at radius 1 is 0.917 bits per heavy atom. The first kappa shape index (κ1) is 32.0. The highest BCUT2D eigenvalue weighted by molar-refractivity contribution is 5.95. The molecular weight excluding hydrogens is 531 g/mol. The van der Waals surface area contributed by atoms with Gasteiger partial charge >= 0.3 is 12.4 Å². The molecule has 0 saturated carbocycles. The van der Waals surface area contributed by atoms with Gasteiger partial charge in [-0.05, 0) is 55.2 Å². The van der Waals surface area contributed by atoms with Gasteiger partial charge in [-0.2, -0.15) is 26.3 Å². The number of rotatable bonds is 5. The molecule has 2 aromatic carbocycles. The van der Waals surface area contributed by atoms with Crippen LogP contribution in [0.4, 0.5) is 26.3 Å². The highest BCUT2D eigenvalue weighted by Gasteiger charge is 2.39. The van der Waals surface area contributed by atoms with Crippen LogP contribution in [0.5, 0.6) is 0 Å². The SMILES string of the molecule is Cc1ccc(C[C@@H]2CN(CCN)CCN2C(=O)c2cc(C(F)(F)F)cc(C(F)(F)F)c2)cc1C.Cl.Cl. The zero-order chi connectivity index (χ0) is 25.3. The third-order valence-electron chi connectivity index (χ3n) is 6.15. The molecule has 1 saturated heterocycles. The molecule has 1 heterocycles. The van der Waals surface area contributed by atoms with Crippen LogP contribution in [0, 0.1) is 13.8 Å². The summed E-state index contributed by atoms with van der Waals surface area (Å²) in [4.78, 5) is 16.7. The predicted octanol–water partition coefficient (Wildman–Crippen LogP) is 5.51. The molecule has 2 N–H and O–H groups in total. The summed E-state index contributed by atoms with van der Waals surface area (Å²) in [6.07, 6.45) is -9.62. The number of piperazine rings is 1. The molecule has 1 aliphatic rings. The van der Waals surface area contributed by atoms with E-state index in [1.165, 1.54) is 4.90 Å². The normalized spacial score (nSPS) is 16.8. The number of alkyl halides is 6. The number of hydrogen-bond donors (Lipinski definition) is 1. The van der Waals surface area contributed by atoms with Crippen LogP contribution in [-0.2, 0) is 18.8 Å². The summed E-state index contributed by atoms with van der Waals surface area (Å²) in [5.41, 5.74) is 5.11. The quantitative estimate of drug-likeness (QED) is 0.491. The summed E-state index contributed by atoms with van der Waals surface area (Å²) < 4.78 is 79.8. The van der Waals surface area contributed by atoms with Crippen molar-refractivity contribution in [3.63, 3.8) is 0 Å². The summed E-state index contributed by atoms with van der Waals surface area (Å²) in [6.45, 7) is 5.90. The molecule has 3 rings (SSSR count). The molecule has 0 spiro atoms. The van der Waals surface area contributed by atoms with Crippen molar-refractivity contribution in [2.75, 3.05) is 32.7 Å². The molecule has 1 aliphatic heterocycles. The highest BCUT2D eigenvalue weighted by Crippen LogP contribution is 2.37. The lowest BCUT2D eigenvalue weighted by Crippen LogP contribution is -2.56. The summed E-state index contributed by atoms with van der Waals surface area (Å²) in [5, 5.41) is 0. The zero-order valence-electron chi connectivity index (χ0n) is 19.7. The molecule has 0 aromatic heterocycles. The van der Waals surface area contributed by atoms with Crippen molar-refractivity contribution >= 4 is 30.7 Å². The van der Waals surface area contributed by atoms with Crippen molar-refractivity contribution in [1.82, 2.24) is 9.80 Å². The van der Waals surface area contributed by atoms with Crippen molar-refractivity contribution < 1.29 is 31.1 Å². The molecule has 1 atom stereocenters. The molecule has 0 bridgehead atoms. The Morgan fingerprint density at radius 3 is 2.00 bits per heavy atom. The van der Waals surface area contributed by atoms with Crippen molar-refractivity contribution in [2.24, 2.45) is 5.73 Å². The van der Waals surface area contributed by atoms with Crippen molar-refractivity contribution in [2.45, 2.75) is 38.7 Å². The largest absolute Gasteiger partial charge is 0.416 e. The van der Waals surface area contributed by atoms with E-state index < -0.39 is 41.0 Å². The zero-order valence-corrected chi connectivity index (χ0v) is 21.4. The van der Waals surface area contributed by atoms with Gasteiger partial charge in [0.05, 0.1) is 11.1 Å². The molecule has 0 unspecified atom stereocenters. The first-order chi connectivity index (χ1) is 15.8. The minimum Gasteiger partial charge on any atom is -0.333 e. The molecule has 1 amide bonds. The maximum Gasteiger partial charge on any atom is 0.416 e. The third kappa shape index (κ3) is 7.74. The number of carbonyl (C=O) groups is 1. The lowest BCUT2D eigenvalue weighted by molar-refractivity contribution is -0.143. The minimum atomic E-state index is -5.02. The van der Waals surface area contributed by atoms with E-state index in [1.807, 2.05) is 36.9 Å². The van der Waals surface area contributed by atoms with Crippen LogP contribution in [0.2, 0.25) is 0 Å². The van der Waals surface area contributed by atoms with Gasteiger partial charge in [0.1, 0.15) is 0 Å². The molecule has 0 radical (unpaired) electrons. The Labute approximate surface area is 218 Å². The number of nitrogens with two attached hydrogens (primary N) is 1. The van der Waals surface area contributed by atoms with E-state index in [4.69, 9.17) is 5.73 Å². The minimum absolute atomic E-state index is 0. The number of benzene rings is 2. The first-order valence-electron chi connectivity index (χ1n) is 10.9. The van der Waals surface area contributed by atoms with Gasteiger partial charge < -0.3 is 10.6 Å². The number of aryl methyl sites for hydroxylation is 2. The van der Waals surface area contributed by atoms with Gasteiger partial charge in [-0.1, -0.05) is 18.2 Å². The lowest BCUT2D eigenvalue weighted by Gasteiger charge is -2.41. The number of amides is 1. The topological polar surface area (TPSA) is 49.6 Å². The molecule has 0 aliphatic carbocycles. The van der Waals surface area contributed by atoms with Gasteiger partial charge in [0, 0.05) is 44.3 Å². The van der Waals surface area contributed by atoms with Crippen LogP contribution >= 0.6 is 24.8 Å². The maximum absolute atomic E-state index is 13.3. The second-order valence-corrected chi connectivity index (χ2v) is 8.66. The summed E-state index contributed by atoms with van der Waals surface area (Å²) >= 11 is 0. The van der Waals surface area contributed by atoms with Crippen molar-refractivity contribution in [3.8, 4) is 0 Å². The van der Waals surface area contributed by atoms with E-state index in [0.29, 0.717) is 44.7 Å². The molecule has 4 nitrogen and oxygen atoms in total. The lowest BCUT2D eigenvalue weighted by atomic mass is 9.97. The van der Waals surface area contributed by atoms with Gasteiger partial charge in [-0.3, -0.25) is 9.69 Å². The maximum atomic E-state index is 13.3. The Balaban J connectivity index is 0.00000324. The number of nitrogens with zero attached hydrogens (tertiary/aromatic N) is 2. The number of carbonyl (C=O) groups excluding carboxylic acids is 1. The van der Waals surface area contributed by atoms with Crippen LogP contribution in [0.3, 0.4) is 0 Å². The smallest absolute Gasteiger partial charge is 0.333 e. The molecule has 202 valence electrons. The van der Waals surface area contributed by atoms with E-state index in [9.17, 15) is 31.1 Å². The molecule has 36 heavy (non-hydrogen) atoms. The van der Waals surface area contributed by atoms with Crippen molar-refractivity contribution in [3.05, 3.63) is 69.8 Å². The van der Waals surface area contributed by atoms with Crippen LogP contribution in [0.15, 0.2) is 36.4 Å². The Kier molecular flexibility index (Phi) is 11.1.